The number of hydrogen-bond donors (Lipinski definition) is 4. The van der Waals surface area contributed by atoms with Gasteiger partial charge in [0, 0.05) is 37.0 Å². The molecule has 0 bridgehead atoms. The van der Waals surface area contributed by atoms with Crippen molar-refractivity contribution in [3.63, 3.8) is 0 Å². The SMILES string of the molecule is O=C(NCCC(O)CNC1Cc2ccccc2C1)c1cc[nH]c(=O)c1. The molecule has 3 rings (SSSR count). The first-order valence-electron chi connectivity index (χ1n) is 8.57. The number of amides is 1. The van der Waals surface area contributed by atoms with Gasteiger partial charge in [-0.1, -0.05) is 24.3 Å². The highest BCUT2D eigenvalue weighted by Crippen LogP contribution is 2.21. The summed E-state index contributed by atoms with van der Waals surface area (Å²) in [6.45, 7) is 0.860. The van der Waals surface area contributed by atoms with Crippen molar-refractivity contribution in [2.24, 2.45) is 0 Å². The smallest absolute Gasteiger partial charge is 0.251 e. The molecule has 1 amide bonds. The molecule has 0 spiro atoms. The van der Waals surface area contributed by atoms with Gasteiger partial charge in [-0.05, 0) is 36.5 Å². The summed E-state index contributed by atoms with van der Waals surface area (Å²) >= 11 is 0. The number of pyridine rings is 1. The molecule has 1 aliphatic rings. The molecular weight excluding hydrogens is 318 g/mol. The van der Waals surface area contributed by atoms with Crippen LogP contribution in [0.3, 0.4) is 0 Å². The maximum atomic E-state index is 11.9. The molecule has 1 atom stereocenters. The van der Waals surface area contributed by atoms with E-state index in [9.17, 15) is 14.7 Å². The van der Waals surface area contributed by atoms with Crippen LogP contribution in [-0.2, 0) is 12.8 Å². The van der Waals surface area contributed by atoms with Crippen molar-refractivity contribution in [1.82, 2.24) is 15.6 Å². The molecule has 1 heterocycles. The Labute approximate surface area is 146 Å². The molecule has 25 heavy (non-hydrogen) atoms. The van der Waals surface area contributed by atoms with Gasteiger partial charge in [0.15, 0.2) is 0 Å². The second kappa shape index (κ2) is 8.09. The number of aromatic amines is 1. The number of rotatable bonds is 7. The van der Waals surface area contributed by atoms with Crippen LogP contribution >= 0.6 is 0 Å². The lowest BCUT2D eigenvalue weighted by Crippen LogP contribution is -2.37. The molecule has 0 saturated carbocycles. The first-order valence-corrected chi connectivity index (χ1v) is 8.57. The molecule has 132 valence electrons. The van der Waals surface area contributed by atoms with Crippen LogP contribution < -0.4 is 16.2 Å². The van der Waals surface area contributed by atoms with Crippen molar-refractivity contribution >= 4 is 5.91 Å². The number of aliphatic hydroxyl groups is 1. The van der Waals surface area contributed by atoms with Crippen molar-refractivity contribution in [3.05, 3.63) is 69.6 Å². The number of H-pyrrole nitrogens is 1. The molecule has 0 radical (unpaired) electrons. The molecule has 1 aromatic carbocycles. The fourth-order valence-electron chi connectivity index (χ4n) is 3.15. The Hall–Kier alpha value is -2.44. The third-order valence-electron chi connectivity index (χ3n) is 4.49. The first kappa shape index (κ1) is 17.4. The van der Waals surface area contributed by atoms with E-state index in [4.69, 9.17) is 0 Å². The maximum Gasteiger partial charge on any atom is 0.251 e. The van der Waals surface area contributed by atoms with Crippen molar-refractivity contribution in [3.8, 4) is 0 Å². The van der Waals surface area contributed by atoms with Gasteiger partial charge in [-0.15, -0.1) is 0 Å². The Morgan fingerprint density at radius 2 is 1.96 bits per heavy atom. The lowest BCUT2D eigenvalue weighted by atomic mass is 10.1. The second-order valence-electron chi connectivity index (χ2n) is 6.42. The lowest BCUT2D eigenvalue weighted by Gasteiger charge is -2.16. The van der Waals surface area contributed by atoms with Crippen LogP contribution in [0.4, 0.5) is 0 Å². The van der Waals surface area contributed by atoms with Crippen LogP contribution in [-0.4, -0.2) is 41.2 Å². The zero-order valence-corrected chi connectivity index (χ0v) is 14.0. The highest BCUT2D eigenvalue weighted by Gasteiger charge is 2.21. The second-order valence-corrected chi connectivity index (χ2v) is 6.42. The third-order valence-corrected chi connectivity index (χ3v) is 4.49. The molecule has 6 heteroatoms. The van der Waals surface area contributed by atoms with Gasteiger partial charge in [-0.2, -0.15) is 0 Å². The minimum absolute atomic E-state index is 0.308. The van der Waals surface area contributed by atoms with Crippen molar-refractivity contribution in [2.75, 3.05) is 13.1 Å². The zero-order valence-electron chi connectivity index (χ0n) is 14.0. The van der Waals surface area contributed by atoms with Gasteiger partial charge in [0.05, 0.1) is 6.10 Å². The molecule has 2 aromatic rings. The summed E-state index contributed by atoms with van der Waals surface area (Å²) in [7, 11) is 0. The average molecular weight is 341 g/mol. The molecular formula is C19H23N3O3. The molecule has 1 aliphatic carbocycles. The van der Waals surface area contributed by atoms with Gasteiger partial charge in [0.25, 0.3) is 5.91 Å². The Bertz CT molecular complexity index is 762. The van der Waals surface area contributed by atoms with E-state index >= 15 is 0 Å². The Balaban J connectivity index is 1.35. The predicted molar refractivity (Wildman–Crippen MR) is 95.7 cm³/mol. The molecule has 0 fully saturated rings. The predicted octanol–water partition coefficient (Wildman–Crippen LogP) is 0.613. The highest BCUT2D eigenvalue weighted by molar-refractivity contribution is 5.93. The van der Waals surface area contributed by atoms with Crippen LogP contribution in [0.1, 0.15) is 27.9 Å². The first-order chi connectivity index (χ1) is 12.1. The van der Waals surface area contributed by atoms with E-state index in [0.29, 0.717) is 31.1 Å². The van der Waals surface area contributed by atoms with Crippen molar-refractivity contribution in [1.29, 1.82) is 0 Å². The van der Waals surface area contributed by atoms with Gasteiger partial charge >= 0.3 is 0 Å². The van der Waals surface area contributed by atoms with E-state index in [1.165, 1.54) is 23.4 Å². The molecule has 1 aromatic heterocycles. The van der Waals surface area contributed by atoms with E-state index in [2.05, 4.69) is 39.9 Å². The van der Waals surface area contributed by atoms with Gasteiger partial charge in [-0.25, -0.2) is 0 Å². The summed E-state index contributed by atoms with van der Waals surface area (Å²) in [4.78, 5) is 25.6. The van der Waals surface area contributed by atoms with E-state index in [-0.39, 0.29) is 11.5 Å². The summed E-state index contributed by atoms with van der Waals surface area (Å²) in [5.41, 5.74) is 2.76. The van der Waals surface area contributed by atoms with Crippen molar-refractivity contribution < 1.29 is 9.90 Å². The largest absolute Gasteiger partial charge is 0.392 e. The zero-order chi connectivity index (χ0) is 17.6. The van der Waals surface area contributed by atoms with E-state index < -0.39 is 6.10 Å². The molecule has 0 saturated heterocycles. The number of hydrogen-bond acceptors (Lipinski definition) is 4. The average Bonchev–Trinajstić information content (AvgIpc) is 3.03. The third kappa shape index (κ3) is 4.78. The monoisotopic (exact) mass is 341 g/mol. The van der Waals surface area contributed by atoms with Crippen LogP contribution in [0.5, 0.6) is 0 Å². The minimum atomic E-state index is -0.525. The van der Waals surface area contributed by atoms with E-state index in [1.807, 2.05) is 0 Å². The Morgan fingerprint density at radius 3 is 2.64 bits per heavy atom. The number of nitrogens with one attached hydrogen (secondary N) is 3. The Kier molecular flexibility index (Phi) is 5.63. The summed E-state index contributed by atoms with van der Waals surface area (Å²) in [5.74, 6) is -0.308. The summed E-state index contributed by atoms with van der Waals surface area (Å²) in [6.07, 6.45) is 3.35. The van der Waals surface area contributed by atoms with Gasteiger partial charge in [0.2, 0.25) is 5.56 Å². The van der Waals surface area contributed by atoms with E-state index in [1.54, 1.807) is 6.07 Å². The Morgan fingerprint density at radius 1 is 1.24 bits per heavy atom. The number of fused-ring (bicyclic) bond motifs is 1. The number of aliphatic hydroxyl groups excluding tert-OH is 1. The summed E-state index contributed by atoms with van der Waals surface area (Å²) in [6, 6.07) is 11.6. The molecule has 6 nitrogen and oxygen atoms in total. The lowest BCUT2D eigenvalue weighted by molar-refractivity contribution is 0.0941. The van der Waals surface area contributed by atoms with Crippen LogP contribution in [0.25, 0.3) is 0 Å². The fraction of sp³-hybridized carbons (Fsp3) is 0.368. The van der Waals surface area contributed by atoms with Crippen LogP contribution in [0.15, 0.2) is 47.4 Å². The standard InChI is InChI=1S/C19H23N3O3/c23-17(6-8-21-19(25)15-5-7-20-18(24)11-15)12-22-16-9-13-3-1-2-4-14(13)10-16/h1-5,7,11,16-17,22-23H,6,8-10,12H2,(H,20,24)(H,21,25). The molecule has 1 unspecified atom stereocenters. The summed E-state index contributed by atoms with van der Waals surface area (Å²) < 4.78 is 0. The van der Waals surface area contributed by atoms with Gasteiger partial charge in [-0.3, -0.25) is 9.59 Å². The fourth-order valence-corrected chi connectivity index (χ4v) is 3.15. The quantitative estimate of drug-likeness (QED) is 0.594. The number of benzene rings is 1. The topological polar surface area (TPSA) is 94.2 Å². The maximum absolute atomic E-state index is 11.9. The van der Waals surface area contributed by atoms with Crippen LogP contribution in [0.2, 0.25) is 0 Å². The normalized spacial score (nSPS) is 14.9. The number of carbonyl (C=O) groups excluding carboxylic acids is 1. The van der Waals surface area contributed by atoms with Crippen LogP contribution in [0, 0.1) is 0 Å². The highest BCUT2D eigenvalue weighted by atomic mass is 16.3. The minimum Gasteiger partial charge on any atom is -0.392 e. The van der Waals surface area contributed by atoms with E-state index in [0.717, 1.165) is 12.8 Å². The molecule has 4 N–H and O–H groups in total. The summed E-state index contributed by atoms with van der Waals surface area (Å²) in [5, 5.41) is 16.2. The molecule has 0 aliphatic heterocycles. The number of carbonyl (C=O) groups is 1. The van der Waals surface area contributed by atoms with Gasteiger partial charge in [0.1, 0.15) is 0 Å². The number of aromatic nitrogens is 1. The van der Waals surface area contributed by atoms with Crippen molar-refractivity contribution in [2.45, 2.75) is 31.4 Å². The van der Waals surface area contributed by atoms with Gasteiger partial charge < -0.3 is 20.7 Å².